The van der Waals surface area contributed by atoms with Crippen LogP contribution in [0, 0.1) is 0 Å². The Bertz CT molecular complexity index is 69.2. The van der Waals surface area contributed by atoms with Gasteiger partial charge in [-0.1, -0.05) is 0 Å². The van der Waals surface area contributed by atoms with E-state index in [2.05, 4.69) is 0 Å². The Balaban J connectivity index is -0.000000000588. The third-order valence-corrected chi connectivity index (χ3v) is 0. The Kier molecular flexibility index (Phi) is 2120. The number of rotatable bonds is 0. The van der Waals surface area contributed by atoms with Crippen molar-refractivity contribution in [1.29, 1.82) is 0 Å². The zero-order chi connectivity index (χ0) is 4.50. The van der Waals surface area contributed by atoms with Crippen LogP contribution in [-0.2, 0) is 4.57 Å². The first-order valence-electron chi connectivity index (χ1n) is 0.783. The molecule has 0 aliphatic carbocycles. The fourth-order valence-corrected chi connectivity index (χ4v) is 0. The third kappa shape index (κ3) is 1270. The van der Waals surface area contributed by atoms with Crippen molar-refractivity contribution in [2.75, 3.05) is 0 Å². The second-order valence-electron chi connectivity index (χ2n) is 0.513. The third-order valence-electron chi connectivity index (χ3n) is 0. The van der Waals surface area contributed by atoms with Crippen LogP contribution in [0.15, 0.2) is 0 Å². The fourth-order valence-electron chi connectivity index (χ4n) is 0. The van der Waals surface area contributed by atoms with Gasteiger partial charge in [-0.2, -0.15) is 0 Å². The molecule has 0 aromatic carbocycles. The summed E-state index contributed by atoms with van der Waals surface area (Å²) in [5.74, 6) is 0. The van der Waals surface area contributed by atoms with Crippen molar-refractivity contribution >= 4 is 112 Å². The van der Waals surface area contributed by atoms with Crippen LogP contribution in [0.5, 0.6) is 0 Å². The van der Waals surface area contributed by atoms with E-state index < -0.39 is 7.82 Å². The molecule has 0 amide bonds. The number of hydrogen-bond acceptors (Lipinski definition) is 1. The van der Waals surface area contributed by atoms with E-state index in [9.17, 15) is 0 Å². The molecule has 0 unspecified atom stereocenters. The van der Waals surface area contributed by atoms with Gasteiger partial charge in [0.25, 0.3) is 0 Å². The predicted octanol–water partition coefficient (Wildman–Crippen LogP) is -14.7. The van der Waals surface area contributed by atoms with Crippen LogP contribution in [0.1, 0.15) is 0 Å². The molecule has 0 saturated heterocycles. The van der Waals surface area contributed by atoms with Crippen LogP contribution < -0.4 is 0 Å². The van der Waals surface area contributed by atoms with Crippen LogP contribution in [0.3, 0.4) is 0 Å². The number of phosphoric acid groups is 1. The first-order valence-corrected chi connectivity index (χ1v) is 2.35. The summed E-state index contributed by atoms with van der Waals surface area (Å²) in [5, 5.41) is 0. The van der Waals surface area contributed by atoms with Crippen LogP contribution in [-0.4, -0.2) is 195 Å². The van der Waals surface area contributed by atoms with Crippen molar-refractivity contribution in [3.05, 3.63) is 0 Å². The minimum atomic E-state index is -4.64. The molecule has 0 atom stereocenters. The second kappa shape index (κ2) is 157. The van der Waals surface area contributed by atoms with Gasteiger partial charge in [0.15, 0.2) is 0 Å². The molecule has 22 heteroatoms. The molecule has 0 saturated carbocycles. The maximum absolute atomic E-state index is 8.88. The van der Waals surface area contributed by atoms with Gasteiger partial charge in [0.05, 0.1) is 0 Å². The minimum absolute atomic E-state index is 0. The Morgan fingerprint density at radius 3 is 0.455 bits per heavy atom. The molecule has 18 nitrogen and oxygen atoms in total. The van der Waals surface area contributed by atoms with E-state index in [1.165, 1.54) is 0 Å². The topological polar surface area (TPSA) is 519 Å². The van der Waals surface area contributed by atoms with Crippen LogP contribution in [0.25, 0.3) is 0 Å². The summed E-state index contributed by atoms with van der Waals surface area (Å²) in [6, 6.07) is 0. The average molecular weight is 441 g/mol. The summed E-state index contributed by atoms with van der Waals surface area (Å²) < 4.78 is 8.88. The van der Waals surface area contributed by atoms with Gasteiger partial charge in [-0.25, -0.2) is 4.57 Å². The molecule has 0 aliphatic rings. The summed E-state index contributed by atoms with van der Waals surface area (Å²) in [7, 11) is -4.64. The zero-order valence-electron chi connectivity index (χ0n) is 9.20. The summed E-state index contributed by atoms with van der Waals surface area (Å²) >= 11 is 0. The Hall–Kier alpha value is 2.95. The van der Waals surface area contributed by atoms with E-state index in [0.717, 1.165) is 0 Å². The zero-order valence-corrected chi connectivity index (χ0v) is 10.1. The molecule has 0 fully saturated rings. The molecular weight excluding hydrogens is 405 g/mol. The molecule has 0 heterocycles. The number of hydrogen-bond donors (Lipinski definition) is 3. The van der Waals surface area contributed by atoms with Crippen molar-refractivity contribution < 1.29 is 95.9 Å². The molecule has 22 heavy (non-hydrogen) atoms. The molecule has 0 spiro atoms. The monoisotopic (exact) mass is 440 g/mol. The first-order chi connectivity index (χ1) is 2.00. The van der Waals surface area contributed by atoms with Gasteiger partial charge < -0.3 is 91.3 Å². The fraction of sp³-hybridized carbons (Fsp3) is 0. The first kappa shape index (κ1) is 296. The van der Waals surface area contributed by atoms with Gasteiger partial charge in [0.1, 0.15) is 0 Å². The summed E-state index contributed by atoms with van der Waals surface area (Å²) in [4.78, 5) is 21.6. The van der Waals surface area contributed by atoms with Crippen LogP contribution >= 0.6 is 7.82 Å². The average Bonchev–Trinajstić information content (AvgIpc) is 0.722. The standard InChI is InChI=1S/K.Mg.Na.H3O4P.14H2O.4H/c;;;1-5(2,3)4;;;;;;;;;;;;;;;;;;/h;;;(H3,1,2,3,4);14*1H2;;;;. The molecule has 31 N–H and O–H groups in total. The summed E-state index contributed by atoms with van der Waals surface area (Å²) in [5.41, 5.74) is 0. The summed E-state index contributed by atoms with van der Waals surface area (Å²) in [6.45, 7) is 0. The van der Waals surface area contributed by atoms with E-state index in [1.54, 1.807) is 0 Å². The van der Waals surface area contributed by atoms with Crippen LogP contribution in [0.2, 0.25) is 0 Å². The van der Waals surface area contributed by atoms with E-state index in [-0.39, 0.29) is 181 Å². The van der Waals surface area contributed by atoms with E-state index >= 15 is 0 Å². The molecule has 0 radical (unpaired) electrons. The Morgan fingerprint density at radius 1 is 0.455 bits per heavy atom. The maximum atomic E-state index is 8.88. The Morgan fingerprint density at radius 2 is 0.455 bits per heavy atom. The van der Waals surface area contributed by atoms with E-state index in [4.69, 9.17) is 19.2 Å². The van der Waals surface area contributed by atoms with Crippen molar-refractivity contribution in [2.24, 2.45) is 0 Å². The molecular formula is H35KMgNaO18P. The molecule has 0 aromatic heterocycles. The SMILES string of the molecule is O.O.O.O.O.O.O.O.O.O.O.O.O.O.O=P(O)(O)O.[KH].[MgH2].[NaH]. The van der Waals surface area contributed by atoms with Gasteiger partial charge in [0.2, 0.25) is 0 Å². The molecule has 0 aliphatic heterocycles. The van der Waals surface area contributed by atoms with Gasteiger partial charge in [-0.05, 0) is 0 Å². The van der Waals surface area contributed by atoms with Crippen molar-refractivity contribution in [3.8, 4) is 0 Å². The quantitative estimate of drug-likeness (QED) is 0.243. The summed E-state index contributed by atoms with van der Waals surface area (Å²) in [6.07, 6.45) is 0. The van der Waals surface area contributed by atoms with Gasteiger partial charge in [-0.3, -0.25) is 0 Å². The van der Waals surface area contributed by atoms with Crippen molar-refractivity contribution in [2.45, 2.75) is 0 Å². The van der Waals surface area contributed by atoms with E-state index in [0.29, 0.717) is 0 Å². The Labute approximate surface area is 205 Å². The normalized spacial score (nSPS) is 2.68. The molecule has 0 bridgehead atoms. The van der Waals surface area contributed by atoms with Gasteiger partial charge in [-0.15, -0.1) is 0 Å². The second-order valence-corrected chi connectivity index (χ2v) is 1.54. The van der Waals surface area contributed by atoms with Gasteiger partial charge in [0, 0.05) is 0 Å². The molecule has 0 aromatic rings. The van der Waals surface area contributed by atoms with Crippen molar-refractivity contribution in [1.82, 2.24) is 0 Å². The van der Waals surface area contributed by atoms with Gasteiger partial charge >= 0.3 is 112 Å². The van der Waals surface area contributed by atoms with Crippen molar-refractivity contribution in [3.63, 3.8) is 0 Å². The van der Waals surface area contributed by atoms with Crippen LogP contribution in [0.4, 0.5) is 0 Å². The molecule has 0 rings (SSSR count). The molecule has 152 valence electrons. The predicted molar refractivity (Wildman–Crippen MR) is 87.7 cm³/mol. The van der Waals surface area contributed by atoms with E-state index in [1.807, 2.05) is 0 Å².